The van der Waals surface area contributed by atoms with E-state index in [2.05, 4.69) is 110 Å². The van der Waals surface area contributed by atoms with Crippen molar-refractivity contribution in [2.75, 3.05) is 0 Å². The van der Waals surface area contributed by atoms with E-state index in [0.29, 0.717) is 19.3 Å². The lowest BCUT2D eigenvalue weighted by Gasteiger charge is -2.43. The molecule has 1 heterocycles. The van der Waals surface area contributed by atoms with Crippen LogP contribution in [-0.2, 0) is 4.74 Å². The number of ether oxygens (including phenoxy) is 1. The third kappa shape index (κ3) is 8.71. The van der Waals surface area contributed by atoms with Gasteiger partial charge >= 0.3 is 0 Å². The summed E-state index contributed by atoms with van der Waals surface area (Å²) >= 11 is 0. The van der Waals surface area contributed by atoms with Crippen molar-refractivity contribution in [3.8, 4) is 0 Å². The fraction of sp³-hybridized carbons (Fsp3) is 0.525. The molecule has 0 aromatic heterocycles. The van der Waals surface area contributed by atoms with Gasteiger partial charge in [0.15, 0.2) is 0 Å². The van der Waals surface area contributed by atoms with E-state index in [1.54, 1.807) is 6.92 Å². The summed E-state index contributed by atoms with van der Waals surface area (Å²) in [7, 11) is 0. The second kappa shape index (κ2) is 13.7. The topological polar surface area (TPSA) is 73.2 Å². The van der Waals surface area contributed by atoms with Crippen LogP contribution >= 0.6 is 0 Å². The summed E-state index contributed by atoms with van der Waals surface area (Å²) in [4.78, 5) is 0. The maximum Gasteiger partial charge on any atom is 0.121 e. The Morgan fingerprint density at radius 2 is 1.18 bits per heavy atom. The highest BCUT2D eigenvalue weighted by molar-refractivity contribution is 5.37. The van der Waals surface area contributed by atoms with Gasteiger partial charge in [0.1, 0.15) is 11.2 Å². The van der Waals surface area contributed by atoms with Gasteiger partial charge in [-0.1, -0.05) is 111 Å². The molecule has 240 valence electrons. The maximum absolute atomic E-state index is 10.9. The summed E-state index contributed by atoms with van der Waals surface area (Å²) < 4.78 is 6.24. The fourth-order valence-electron chi connectivity index (χ4n) is 7.25. The second-order valence-corrected chi connectivity index (χ2v) is 15.0. The molecule has 3 aliphatic rings. The lowest BCUT2D eigenvalue weighted by atomic mass is 9.63. The van der Waals surface area contributed by atoms with Crippen LogP contribution in [0.3, 0.4) is 0 Å². The Balaban J connectivity index is 1.53. The number of hydrogen-bond donors (Lipinski definition) is 3. The predicted molar refractivity (Wildman–Crippen MR) is 184 cm³/mol. The van der Waals surface area contributed by atoms with Gasteiger partial charge in [0.25, 0.3) is 0 Å². The van der Waals surface area contributed by atoms with Crippen LogP contribution < -0.4 is 0 Å². The van der Waals surface area contributed by atoms with Crippen LogP contribution in [0.5, 0.6) is 0 Å². The van der Waals surface area contributed by atoms with Crippen molar-refractivity contribution in [3.05, 3.63) is 113 Å². The van der Waals surface area contributed by atoms with E-state index in [1.165, 1.54) is 0 Å². The van der Waals surface area contributed by atoms with Crippen molar-refractivity contribution in [3.63, 3.8) is 0 Å². The first-order chi connectivity index (χ1) is 20.3. The summed E-state index contributed by atoms with van der Waals surface area (Å²) in [6.07, 6.45) is 28.5. The molecule has 5 atom stereocenters. The molecule has 0 aromatic rings. The molecule has 0 spiro atoms. The lowest BCUT2D eigenvalue weighted by Crippen LogP contribution is -2.46. The molecule has 44 heavy (non-hydrogen) atoms. The van der Waals surface area contributed by atoms with E-state index in [1.807, 2.05) is 37.3 Å². The first-order valence-electron chi connectivity index (χ1n) is 16.0. The Bertz CT molecular complexity index is 1360. The highest BCUT2D eigenvalue weighted by Crippen LogP contribution is 2.66. The van der Waals surface area contributed by atoms with Crippen LogP contribution in [0.2, 0.25) is 0 Å². The van der Waals surface area contributed by atoms with Gasteiger partial charge < -0.3 is 20.1 Å². The molecule has 1 saturated heterocycles. The van der Waals surface area contributed by atoms with Crippen molar-refractivity contribution >= 4 is 0 Å². The van der Waals surface area contributed by atoms with Crippen molar-refractivity contribution in [2.45, 2.75) is 124 Å². The fourth-order valence-corrected chi connectivity index (χ4v) is 7.25. The van der Waals surface area contributed by atoms with Crippen LogP contribution in [0.15, 0.2) is 113 Å². The van der Waals surface area contributed by atoms with E-state index in [9.17, 15) is 15.3 Å². The van der Waals surface area contributed by atoms with Crippen molar-refractivity contribution in [1.29, 1.82) is 0 Å². The van der Waals surface area contributed by atoms with Gasteiger partial charge in [-0.05, 0) is 77.5 Å². The van der Waals surface area contributed by atoms with Gasteiger partial charge in [0, 0.05) is 23.8 Å². The number of aliphatic hydroxyl groups excluding tert-OH is 2. The first kappa shape index (κ1) is 35.8. The highest BCUT2D eigenvalue weighted by atomic mass is 16.6. The van der Waals surface area contributed by atoms with E-state index in [-0.39, 0.29) is 28.1 Å². The molecule has 3 fully saturated rings. The monoisotopic (exact) mass is 600 g/mol. The molecule has 2 saturated carbocycles. The molecule has 0 bridgehead atoms. The summed E-state index contributed by atoms with van der Waals surface area (Å²) in [5.74, 6) is 0. The third-order valence-electron chi connectivity index (χ3n) is 9.39. The Hall–Kier alpha value is -2.72. The van der Waals surface area contributed by atoms with Gasteiger partial charge in [-0.15, -0.1) is 5.73 Å². The number of fused-ring (bicyclic) bond motifs is 1. The molecule has 2 aliphatic carbocycles. The van der Waals surface area contributed by atoms with Crippen LogP contribution in [0.1, 0.15) is 94.9 Å². The highest BCUT2D eigenvalue weighted by Gasteiger charge is 2.74. The number of hydrogen-bond acceptors (Lipinski definition) is 4. The molecule has 0 radical (unpaired) electrons. The standard InChI is InChI=1S/C40H56O4/c1-29(17-13-19-31(3)21-22-35-36(5,6)25-33(41)27-38(35,9)43)15-11-12-16-30(2)18-14-20-32(4)23-24-40-37(7,8)26-34(42)28-39(40,10)44-40/h11-21,23-24,33-34,41-43H,25-28H2,1-10H3/b12-11+,17-13+,18-14+,24-23?,29-15+,30-16+,31-19+,32-20?/t22?,33-,34-,38+,39+,40-/m0/s1. The number of aliphatic hydroxyl groups is 3. The number of allylic oxidation sites excluding steroid dienone is 15. The van der Waals surface area contributed by atoms with Gasteiger partial charge in [0.2, 0.25) is 0 Å². The third-order valence-corrected chi connectivity index (χ3v) is 9.39. The van der Waals surface area contributed by atoms with Gasteiger partial charge in [-0.25, -0.2) is 0 Å². The SMILES string of the molecule is CC(C=C[C@@]12O[C@]1(C)C[C@@H](O)CC2(C)C)=C/C=C/C(C)=C/C=C/C=C(C)/C=C/C=C(\C)C=C=C1C(C)(C)C[C@H](O)C[C@@]1(C)O. The molecule has 0 aromatic carbocycles. The van der Waals surface area contributed by atoms with Crippen molar-refractivity contribution in [1.82, 2.24) is 0 Å². The minimum Gasteiger partial charge on any atom is -0.393 e. The molecule has 0 amide bonds. The number of rotatable bonds is 9. The zero-order valence-corrected chi connectivity index (χ0v) is 28.7. The van der Waals surface area contributed by atoms with Gasteiger partial charge in [-0.3, -0.25) is 0 Å². The Labute approximate surface area is 267 Å². The average Bonchev–Trinajstić information content (AvgIpc) is 3.49. The zero-order valence-electron chi connectivity index (χ0n) is 28.7. The minimum atomic E-state index is -1.05. The molecule has 1 aliphatic heterocycles. The van der Waals surface area contributed by atoms with Crippen molar-refractivity contribution < 1.29 is 20.1 Å². The maximum atomic E-state index is 10.9. The van der Waals surface area contributed by atoms with E-state index in [0.717, 1.165) is 34.3 Å². The molecule has 0 unspecified atom stereocenters. The van der Waals surface area contributed by atoms with E-state index >= 15 is 0 Å². The summed E-state index contributed by atoms with van der Waals surface area (Å²) in [5, 5.41) is 31.2. The summed E-state index contributed by atoms with van der Waals surface area (Å²) in [6, 6.07) is 0. The first-order valence-corrected chi connectivity index (χ1v) is 16.0. The largest absolute Gasteiger partial charge is 0.393 e. The molecule has 4 heteroatoms. The Morgan fingerprint density at radius 1 is 0.682 bits per heavy atom. The molecule has 4 nitrogen and oxygen atoms in total. The second-order valence-electron chi connectivity index (χ2n) is 15.0. The average molecular weight is 601 g/mol. The normalized spacial score (nSPS) is 34.7. The number of epoxide rings is 1. The van der Waals surface area contributed by atoms with Crippen LogP contribution in [-0.4, -0.2) is 44.3 Å². The molecular weight excluding hydrogens is 544 g/mol. The van der Waals surface area contributed by atoms with Crippen LogP contribution in [0.25, 0.3) is 0 Å². The van der Waals surface area contributed by atoms with E-state index < -0.39 is 11.7 Å². The quantitative estimate of drug-likeness (QED) is 0.141. The van der Waals surface area contributed by atoms with Crippen molar-refractivity contribution in [2.24, 2.45) is 10.8 Å². The molecule has 3 N–H and O–H groups in total. The zero-order chi connectivity index (χ0) is 33.0. The van der Waals surface area contributed by atoms with Gasteiger partial charge in [-0.2, -0.15) is 0 Å². The van der Waals surface area contributed by atoms with Crippen LogP contribution in [0.4, 0.5) is 0 Å². The Kier molecular flexibility index (Phi) is 11.2. The smallest absolute Gasteiger partial charge is 0.121 e. The van der Waals surface area contributed by atoms with E-state index in [4.69, 9.17) is 4.74 Å². The lowest BCUT2D eigenvalue weighted by molar-refractivity contribution is -0.0268. The Morgan fingerprint density at radius 3 is 1.73 bits per heavy atom. The molecular formula is C40H56O4. The minimum absolute atomic E-state index is 0.103. The summed E-state index contributed by atoms with van der Waals surface area (Å²) in [6.45, 7) is 20.6. The summed E-state index contributed by atoms with van der Waals surface area (Å²) in [5.41, 5.74) is 6.63. The van der Waals surface area contributed by atoms with Gasteiger partial charge in [0.05, 0.1) is 17.8 Å². The predicted octanol–water partition coefficient (Wildman–Crippen LogP) is 8.72. The molecule has 3 rings (SSSR count). The van der Waals surface area contributed by atoms with Crippen LogP contribution in [0, 0.1) is 10.8 Å².